The number of alkyl halides is 3. The van der Waals surface area contributed by atoms with Crippen LogP contribution in [0.4, 0.5) is 13.2 Å². The molecule has 8 nitrogen and oxygen atoms in total. The number of nitrogens with zero attached hydrogens (tertiary/aromatic N) is 3. The lowest BCUT2D eigenvalue weighted by Gasteiger charge is -2.12. The lowest BCUT2D eigenvalue weighted by Crippen LogP contribution is -2.24. The van der Waals surface area contributed by atoms with E-state index in [1.807, 2.05) is 0 Å². The average Bonchev–Trinajstić information content (AvgIpc) is 3.13. The van der Waals surface area contributed by atoms with Crippen molar-refractivity contribution < 1.29 is 32.2 Å². The second kappa shape index (κ2) is 9.33. The molecule has 4 rings (SSSR count). The molecule has 0 spiro atoms. The van der Waals surface area contributed by atoms with E-state index < -0.39 is 24.7 Å². The molecule has 0 bridgehead atoms. The Labute approximate surface area is 202 Å². The molecule has 0 unspecified atom stereocenters. The van der Waals surface area contributed by atoms with Crippen LogP contribution >= 0.6 is 0 Å². The summed E-state index contributed by atoms with van der Waals surface area (Å²) < 4.78 is 49.1. The van der Waals surface area contributed by atoms with E-state index in [1.54, 1.807) is 48.7 Å². The van der Waals surface area contributed by atoms with Gasteiger partial charge in [0.1, 0.15) is 5.75 Å². The molecule has 11 heteroatoms. The Bertz CT molecular complexity index is 1540. The Balaban J connectivity index is 1.53. The molecule has 36 heavy (non-hydrogen) atoms. The molecule has 2 aromatic heterocycles. The number of ether oxygens (including phenoxy) is 2. The van der Waals surface area contributed by atoms with Crippen molar-refractivity contribution in [2.45, 2.75) is 20.2 Å². The summed E-state index contributed by atoms with van der Waals surface area (Å²) in [5.74, 6) is -1.70. The first kappa shape index (κ1) is 24.7. The van der Waals surface area contributed by atoms with Gasteiger partial charge in [0, 0.05) is 35.1 Å². The summed E-state index contributed by atoms with van der Waals surface area (Å²) in [6.45, 7) is 2.83. The number of esters is 1. The summed E-state index contributed by atoms with van der Waals surface area (Å²) >= 11 is 0. The normalized spacial score (nSPS) is 11.5. The molecule has 0 atom stereocenters. The Kier molecular flexibility index (Phi) is 6.40. The molecule has 186 valence electrons. The van der Waals surface area contributed by atoms with Crippen LogP contribution in [0.5, 0.6) is 5.75 Å². The van der Waals surface area contributed by atoms with Crippen LogP contribution in [0.2, 0.25) is 0 Å². The van der Waals surface area contributed by atoms with Crippen LogP contribution in [-0.4, -0.2) is 39.1 Å². The molecule has 0 saturated heterocycles. The third-order valence-electron chi connectivity index (χ3n) is 5.54. The van der Waals surface area contributed by atoms with Gasteiger partial charge in [0.05, 0.1) is 5.39 Å². The summed E-state index contributed by atoms with van der Waals surface area (Å²) in [6, 6.07) is 13.3. The van der Waals surface area contributed by atoms with Gasteiger partial charge < -0.3 is 14.0 Å². The SMILES string of the molecule is Cc1cc(C(=O)COC(=O)c2nn(C)c(=O)c3ccccc23)c(C)n1-c1ccc(OC(F)(F)F)cc1. The van der Waals surface area contributed by atoms with E-state index in [4.69, 9.17) is 4.74 Å². The number of ketones is 1. The predicted octanol–water partition coefficient (Wildman–Crippen LogP) is 4.28. The highest BCUT2D eigenvalue weighted by molar-refractivity contribution is 6.04. The molecule has 0 fully saturated rings. The Morgan fingerprint density at radius 3 is 2.28 bits per heavy atom. The average molecular weight is 499 g/mol. The Morgan fingerprint density at radius 2 is 1.64 bits per heavy atom. The highest BCUT2D eigenvalue weighted by Crippen LogP contribution is 2.26. The van der Waals surface area contributed by atoms with Crippen LogP contribution in [0.15, 0.2) is 59.4 Å². The van der Waals surface area contributed by atoms with Crippen molar-refractivity contribution >= 4 is 22.5 Å². The summed E-state index contributed by atoms with van der Waals surface area (Å²) in [4.78, 5) is 37.9. The molecule has 0 amide bonds. The largest absolute Gasteiger partial charge is 0.573 e. The Morgan fingerprint density at radius 1 is 1.00 bits per heavy atom. The number of aromatic nitrogens is 3. The van der Waals surface area contributed by atoms with Crippen molar-refractivity contribution in [2.75, 3.05) is 6.61 Å². The fraction of sp³-hybridized carbons (Fsp3) is 0.200. The number of aryl methyl sites for hydroxylation is 2. The minimum absolute atomic E-state index is 0.0906. The molecular formula is C25H20F3N3O5. The number of halogens is 3. The summed E-state index contributed by atoms with van der Waals surface area (Å²) in [5, 5.41) is 4.60. The van der Waals surface area contributed by atoms with Gasteiger partial charge in [-0.3, -0.25) is 9.59 Å². The van der Waals surface area contributed by atoms with Crippen molar-refractivity contribution in [1.82, 2.24) is 14.3 Å². The summed E-state index contributed by atoms with van der Waals surface area (Å²) in [6.07, 6.45) is -4.80. The van der Waals surface area contributed by atoms with Gasteiger partial charge in [0.2, 0.25) is 5.78 Å². The second-order valence-corrected chi connectivity index (χ2v) is 7.98. The monoisotopic (exact) mass is 499 g/mol. The molecular weight excluding hydrogens is 479 g/mol. The van der Waals surface area contributed by atoms with E-state index in [0.29, 0.717) is 27.8 Å². The molecule has 0 N–H and O–H groups in total. The minimum atomic E-state index is -4.80. The first-order chi connectivity index (χ1) is 17.0. The number of hydrogen-bond acceptors (Lipinski definition) is 6. The van der Waals surface area contributed by atoms with E-state index in [-0.39, 0.29) is 22.6 Å². The molecule has 0 aliphatic carbocycles. The van der Waals surface area contributed by atoms with Crippen LogP contribution in [0, 0.1) is 13.8 Å². The number of carbonyl (C=O) groups excluding carboxylic acids is 2. The highest BCUT2D eigenvalue weighted by Gasteiger charge is 2.31. The number of carbonyl (C=O) groups is 2. The quantitative estimate of drug-likeness (QED) is 0.291. The van der Waals surface area contributed by atoms with Gasteiger partial charge in [-0.2, -0.15) is 5.10 Å². The van der Waals surface area contributed by atoms with E-state index in [1.165, 1.54) is 31.3 Å². The van der Waals surface area contributed by atoms with Gasteiger partial charge in [0.15, 0.2) is 12.3 Å². The zero-order valence-corrected chi connectivity index (χ0v) is 19.4. The third-order valence-corrected chi connectivity index (χ3v) is 5.54. The standard InChI is InChI=1S/C25H20F3N3O5/c1-14-12-20(15(2)31(14)16-8-10-17(11-9-16)36-25(26,27)28)21(32)13-35-24(34)22-18-6-4-5-7-19(18)23(33)30(3)29-22/h4-12H,13H2,1-3H3. The summed E-state index contributed by atoms with van der Waals surface area (Å²) in [5.41, 5.74) is 1.52. The van der Waals surface area contributed by atoms with Crippen molar-refractivity contribution in [3.05, 3.63) is 87.6 Å². The zero-order chi connectivity index (χ0) is 26.2. The van der Waals surface area contributed by atoms with Gasteiger partial charge in [-0.05, 0) is 50.2 Å². The highest BCUT2D eigenvalue weighted by atomic mass is 19.4. The van der Waals surface area contributed by atoms with E-state index in [9.17, 15) is 27.6 Å². The molecule has 0 radical (unpaired) electrons. The first-order valence-corrected chi connectivity index (χ1v) is 10.7. The molecule has 0 aliphatic heterocycles. The number of fused-ring (bicyclic) bond motifs is 1. The fourth-order valence-corrected chi connectivity index (χ4v) is 3.97. The topological polar surface area (TPSA) is 92.4 Å². The van der Waals surface area contributed by atoms with Crippen molar-refractivity contribution in [2.24, 2.45) is 7.05 Å². The first-order valence-electron chi connectivity index (χ1n) is 10.7. The number of rotatable bonds is 6. The zero-order valence-electron chi connectivity index (χ0n) is 19.4. The van der Waals surface area contributed by atoms with Gasteiger partial charge in [0.25, 0.3) is 5.56 Å². The van der Waals surface area contributed by atoms with E-state index >= 15 is 0 Å². The minimum Gasteiger partial charge on any atom is -0.452 e. The smallest absolute Gasteiger partial charge is 0.452 e. The summed E-state index contributed by atoms with van der Waals surface area (Å²) in [7, 11) is 1.41. The maximum absolute atomic E-state index is 12.9. The second-order valence-electron chi connectivity index (χ2n) is 7.98. The number of Topliss-reactive ketones (excluding diaryl/α,β-unsaturated/α-hetero) is 1. The van der Waals surface area contributed by atoms with Gasteiger partial charge >= 0.3 is 12.3 Å². The van der Waals surface area contributed by atoms with Gasteiger partial charge in [-0.1, -0.05) is 18.2 Å². The van der Waals surface area contributed by atoms with E-state index in [0.717, 1.165) is 4.68 Å². The van der Waals surface area contributed by atoms with Crippen LogP contribution in [-0.2, 0) is 11.8 Å². The van der Waals surface area contributed by atoms with Crippen LogP contribution < -0.4 is 10.3 Å². The van der Waals surface area contributed by atoms with Crippen LogP contribution in [0.1, 0.15) is 32.2 Å². The van der Waals surface area contributed by atoms with Crippen LogP contribution in [0.25, 0.3) is 16.5 Å². The fourth-order valence-electron chi connectivity index (χ4n) is 3.97. The van der Waals surface area contributed by atoms with Crippen molar-refractivity contribution in [3.63, 3.8) is 0 Å². The molecule has 0 aliphatic rings. The molecule has 0 saturated carbocycles. The lowest BCUT2D eigenvalue weighted by atomic mass is 10.1. The van der Waals surface area contributed by atoms with Crippen molar-refractivity contribution in [1.29, 1.82) is 0 Å². The maximum Gasteiger partial charge on any atom is 0.573 e. The van der Waals surface area contributed by atoms with Gasteiger partial charge in [-0.25, -0.2) is 9.48 Å². The molecule has 2 heterocycles. The maximum atomic E-state index is 12.9. The van der Waals surface area contributed by atoms with Crippen molar-refractivity contribution in [3.8, 4) is 11.4 Å². The molecule has 4 aromatic rings. The number of hydrogen-bond donors (Lipinski definition) is 0. The van der Waals surface area contributed by atoms with Gasteiger partial charge in [-0.15, -0.1) is 13.2 Å². The van der Waals surface area contributed by atoms with Crippen LogP contribution in [0.3, 0.4) is 0 Å². The lowest BCUT2D eigenvalue weighted by molar-refractivity contribution is -0.274. The number of benzene rings is 2. The Hall–Kier alpha value is -4.41. The predicted molar refractivity (Wildman–Crippen MR) is 124 cm³/mol. The molecule has 2 aromatic carbocycles. The third kappa shape index (κ3) is 4.85. The van der Waals surface area contributed by atoms with E-state index in [2.05, 4.69) is 9.84 Å².